The zero-order valence-electron chi connectivity index (χ0n) is 14.3. The standard InChI is InChI=1S/C18H25N3O2/c1-18(2,3)23-17(22)21-11-9-19-12-15(21)14-7-5-6-13-8-10-20(4)16(13)14/h5-8,10,15,19H,9,11-12H2,1-4H3. The van der Waals surface area contributed by atoms with Gasteiger partial charge in [-0.3, -0.25) is 4.90 Å². The average molecular weight is 315 g/mol. The summed E-state index contributed by atoms with van der Waals surface area (Å²) in [5.74, 6) is 0. The molecule has 1 aromatic heterocycles. The van der Waals surface area contributed by atoms with Crippen molar-refractivity contribution in [1.29, 1.82) is 0 Å². The van der Waals surface area contributed by atoms with E-state index in [4.69, 9.17) is 4.74 Å². The van der Waals surface area contributed by atoms with E-state index in [1.807, 2.05) is 32.7 Å². The van der Waals surface area contributed by atoms with Gasteiger partial charge in [0.15, 0.2) is 0 Å². The molecule has 0 spiro atoms. The highest BCUT2D eigenvalue weighted by Crippen LogP contribution is 2.30. The van der Waals surface area contributed by atoms with Gasteiger partial charge in [0.25, 0.3) is 0 Å². The van der Waals surface area contributed by atoms with Crippen LogP contribution in [0.2, 0.25) is 0 Å². The Morgan fingerprint density at radius 2 is 2.09 bits per heavy atom. The molecule has 23 heavy (non-hydrogen) atoms. The van der Waals surface area contributed by atoms with Crippen molar-refractivity contribution in [3.8, 4) is 0 Å². The summed E-state index contributed by atoms with van der Waals surface area (Å²) >= 11 is 0. The summed E-state index contributed by atoms with van der Waals surface area (Å²) in [4.78, 5) is 14.5. The van der Waals surface area contributed by atoms with Gasteiger partial charge in [-0.25, -0.2) is 4.79 Å². The first-order chi connectivity index (χ1) is 10.9. The van der Waals surface area contributed by atoms with E-state index in [0.717, 1.165) is 18.7 Å². The van der Waals surface area contributed by atoms with E-state index in [2.05, 4.69) is 40.3 Å². The summed E-state index contributed by atoms with van der Waals surface area (Å²) < 4.78 is 7.72. The number of aromatic nitrogens is 1. The molecule has 1 amide bonds. The molecule has 2 heterocycles. The van der Waals surface area contributed by atoms with E-state index < -0.39 is 5.60 Å². The molecule has 0 radical (unpaired) electrons. The van der Waals surface area contributed by atoms with E-state index >= 15 is 0 Å². The zero-order chi connectivity index (χ0) is 16.6. The van der Waals surface area contributed by atoms with Gasteiger partial charge in [0.1, 0.15) is 5.60 Å². The van der Waals surface area contributed by atoms with E-state index in [1.165, 1.54) is 10.9 Å². The van der Waals surface area contributed by atoms with Crippen LogP contribution in [0.5, 0.6) is 0 Å². The Labute approximate surface area is 137 Å². The third-order valence-corrected chi connectivity index (χ3v) is 4.16. The molecule has 2 aromatic rings. The van der Waals surface area contributed by atoms with Crippen LogP contribution in [0.25, 0.3) is 10.9 Å². The number of piperazine rings is 1. The van der Waals surface area contributed by atoms with E-state index in [1.54, 1.807) is 0 Å². The van der Waals surface area contributed by atoms with E-state index in [-0.39, 0.29) is 12.1 Å². The number of hydrogen-bond acceptors (Lipinski definition) is 3. The Balaban J connectivity index is 1.98. The van der Waals surface area contributed by atoms with Gasteiger partial charge in [-0.2, -0.15) is 0 Å². The van der Waals surface area contributed by atoms with Gasteiger partial charge in [0, 0.05) is 38.4 Å². The molecule has 3 rings (SSSR count). The number of nitrogens with one attached hydrogen (secondary N) is 1. The second kappa shape index (κ2) is 5.89. The van der Waals surface area contributed by atoms with Crippen molar-refractivity contribution in [3.63, 3.8) is 0 Å². The number of amides is 1. The molecule has 1 aromatic carbocycles. The molecule has 0 saturated carbocycles. The highest BCUT2D eigenvalue weighted by Gasteiger charge is 2.32. The predicted molar refractivity (Wildman–Crippen MR) is 91.5 cm³/mol. The van der Waals surface area contributed by atoms with Gasteiger partial charge < -0.3 is 14.6 Å². The largest absolute Gasteiger partial charge is 0.444 e. The van der Waals surface area contributed by atoms with Gasteiger partial charge >= 0.3 is 6.09 Å². The van der Waals surface area contributed by atoms with Crippen LogP contribution in [0.3, 0.4) is 0 Å². The first-order valence-corrected chi connectivity index (χ1v) is 8.11. The van der Waals surface area contributed by atoms with Crippen molar-refractivity contribution < 1.29 is 9.53 Å². The molecular formula is C18H25N3O2. The zero-order valence-corrected chi connectivity index (χ0v) is 14.3. The quantitative estimate of drug-likeness (QED) is 0.880. The summed E-state index contributed by atoms with van der Waals surface area (Å²) in [5, 5.41) is 4.59. The van der Waals surface area contributed by atoms with Crippen LogP contribution in [-0.4, -0.2) is 40.8 Å². The number of fused-ring (bicyclic) bond motifs is 1. The minimum atomic E-state index is -0.483. The number of carbonyl (C=O) groups is 1. The number of hydrogen-bond donors (Lipinski definition) is 1. The maximum atomic E-state index is 12.6. The number of rotatable bonds is 1. The predicted octanol–water partition coefficient (Wildman–Crippen LogP) is 3.06. The number of nitrogens with zero attached hydrogens (tertiary/aromatic N) is 2. The maximum Gasteiger partial charge on any atom is 0.410 e. The average Bonchev–Trinajstić information content (AvgIpc) is 2.87. The molecule has 1 unspecified atom stereocenters. The molecule has 1 saturated heterocycles. The molecule has 0 aliphatic carbocycles. The number of ether oxygens (including phenoxy) is 1. The second-order valence-corrected chi connectivity index (χ2v) is 7.11. The van der Waals surface area contributed by atoms with Crippen molar-refractivity contribution in [2.24, 2.45) is 7.05 Å². The lowest BCUT2D eigenvalue weighted by atomic mass is 10.0. The summed E-state index contributed by atoms with van der Waals surface area (Å²) in [7, 11) is 2.04. The molecule has 1 atom stereocenters. The Kier molecular flexibility index (Phi) is 4.06. The molecular weight excluding hydrogens is 290 g/mol. The first-order valence-electron chi connectivity index (χ1n) is 8.11. The number of aryl methyl sites for hydroxylation is 1. The van der Waals surface area contributed by atoms with Crippen LogP contribution < -0.4 is 5.32 Å². The van der Waals surface area contributed by atoms with Gasteiger partial charge in [-0.1, -0.05) is 18.2 Å². The molecule has 1 fully saturated rings. The topological polar surface area (TPSA) is 46.5 Å². The van der Waals surface area contributed by atoms with Crippen molar-refractivity contribution in [3.05, 3.63) is 36.0 Å². The fourth-order valence-electron chi connectivity index (χ4n) is 3.18. The van der Waals surface area contributed by atoms with Crippen molar-refractivity contribution in [2.75, 3.05) is 19.6 Å². The van der Waals surface area contributed by atoms with Crippen LogP contribution in [0.15, 0.2) is 30.5 Å². The second-order valence-electron chi connectivity index (χ2n) is 7.11. The Bertz CT molecular complexity index is 715. The normalized spacial score (nSPS) is 19.1. The number of carbonyl (C=O) groups excluding carboxylic acids is 1. The summed E-state index contributed by atoms with van der Waals surface area (Å²) in [5.41, 5.74) is 1.85. The van der Waals surface area contributed by atoms with Crippen molar-refractivity contribution in [1.82, 2.24) is 14.8 Å². The summed E-state index contributed by atoms with van der Waals surface area (Å²) in [6.45, 7) is 7.89. The Morgan fingerprint density at radius 1 is 1.30 bits per heavy atom. The Hall–Kier alpha value is -2.01. The molecule has 0 bridgehead atoms. The highest BCUT2D eigenvalue weighted by atomic mass is 16.6. The lowest BCUT2D eigenvalue weighted by Gasteiger charge is -2.37. The van der Waals surface area contributed by atoms with Gasteiger partial charge in [0.05, 0.1) is 11.6 Å². The lowest BCUT2D eigenvalue weighted by molar-refractivity contribution is 0.0119. The van der Waals surface area contributed by atoms with Crippen LogP contribution in [0, 0.1) is 0 Å². The smallest absolute Gasteiger partial charge is 0.410 e. The highest BCUT2D eigenvalue weighted by molar-refractivity contribution is 5.84. The minimum Gasteiger partial charge on any atom is -0.444 e. The third-order valence-electron chi connectivity index (χ3n) is 4.16. The summed E-state index contributed by atoms with van der Waals surface area (Å²) in [6.07, 6.45) is 1.82. The van der Waals surface area contributed by atoms with E-state index in [0.29, 0.717) is 6.54 Å². The fourth-order valence-corrected chi connectivity index (χ4v) is 3.18. The third kappa shape index (κ3) is 3.20. The van der Waals surface area contributed by atoms with Gasteiger partial charge in [-0.15, -0.1) is 0 Å². The molecule has 1 aliphatic rings. The SMILES string of the molecule is Cn1ccc2cccc(C3CNCCN3C(=O)OC(C)(C)C)c21. The van der Waals surface area contributed by atoms with Crippen molar-refractivity contribution in [2.45, 2.75) is 32.4 Å². The van der Waals surface area contributed by atoms with E-state index in [9.17, 15) is 4.79 Å². The number of benzene rings is 1. The van der Waals surface area contributed by atoms with Crippen LogP contribution in [0.1, 0.15) is 32.4 Å². The first kappa shape index (κ1) is 15.9. The van der Waals surface area contributed by atoms with Crippen LogP contribution in [-0.2, 0) is 11.8 Å². The van der Waals surface area contributed by atoms with Gasteiger partial charge in [-0.05, 0) is 32.2 Å². The minimum absolute atomic E-state index is 0.0177. The summed E-state index contributed by atoms with van der Waals surface area (Å²) in [6, 6.07) is 8.35. The maximum absolute atomic E-state index is 12.6. The molecule has 1 N–H and O–H groups in total. The van der Waals surface area contributed by atoms with Crippen LogP contribution >= 0.6 is 0 Å². The lowest BCUT2D eigenvalue weighted by Crippen LogP contribution is -2.50. The molecule has 5 heteroatoms. The monoisotopic (exact) mass is 315 g/mol. The molecule has 1 aliphatic heterocycles. The van der Waals surface area contributed by atoms with Gasteiger partial charge in [0.2, 0.25) is 0 Å². The molecule has 5 nitrogen and oxygen atoms in total. The fraction of sp³-hybridized carbons (Fsp3) is 0.500. The van der Waals surface area contributed by atoms with Crippen LogP contribution in [0.4, 0.5) is 4.79 Å². The van der Waals surface area contributed by atoms with Crippen molar-refractivity contribution >= 4 is 17.0 Å². The number of para-hydroxylation sites is 1. The molecule has 124 valence electrons. The Morgan fingerprint density at radius 3 is 2.83 bits per heavy atom.